The molecule has 1 aromatic carbocycles. The van der Waals surface area contributed by atoms with Gasteiger partial charge in [0.1, 0.15) is 5.69 Å². The first-order valence-electron chi connectivity index (χ1n) is 9.16. The largest absolute Gasteiger partial charge is 0.354 e. The predicted molar refractivity (Wildman–Crippen MR) is 110 cm³/mol. The van der Waals surface area contributed by atoms with Crippen molar-refractivity contribution in [3.05, 3.63) is 46.3 Å². The molecule has 0 fully saturated rings. The smallest absolute Gasteiger partial charge is 0.272 e. The Hall–Kier alpha value is -2.45. The summed E-state index contributed by atoms with van der Waals surface area (Å²) < 4.78 is 27.1. The van der Waals surface area contributed by atoms with Gasteiger partial charge in [0.15, 0.2) is 5.78 Å². The van der Waals surface area contributed by atoms with Crippen molar-refractivity contribution < 1.29 is 18.0 Å². The second-order valence-corrected chi connectivity index (χ2v) is 8.61. The first-order valence-corrected chi connectivity index (χ1v) is 10.6. The number of H-pyrrole nitrogens is 1. The van der Waals surface area contributed by atoms with Gasteiger partial charge >= 0.3 is 0 Å². The minimum absolute atomic E-state index is 0.117. The molecule has 0 spiro atoms. The van der Waals surface area contributed by atoms with Crippen LogP contribution in [0.2, 0.25) is 0 Å². The summed E-state index contributed by atoms with van der Waals surface area (Å²) in [5, 5.41) is 2.73. The van der Waals surface area contributed by atoms with E-state index in [1.165, 1.54) is 17.3 Å². The lowest BCUT2D eigenvalue weighted by molar-refractivity contribution is 0.101. The average molecular weight is 406 g/mol. The molecular weight excluding hydrogens is 378 g/mol. The van der Waals surface area contributed by atoms with Crippen molar-refractivity contribution in [3.63, 3.8) is 0 Å². The Balaban J connectivity index is 2.40. The molecule has 0 bridgehead atoms. The lowest BCUT2D eigenvalue weighted by Gasteiger charge is -2.20. The highest BCUT2D eigenvalue weighted by Crippen LogP contribution is 2.25. The minimum atomic E-state index is -3.65. The van der Waals surface area contributed by atoms with Crippen molar-refractivity contribution in [1.82, 2.24) is 9.29 Å². The number of benzene rings is 1. The van der Waals surface area contributed by atoms with Gasteiger partial charge in [0.25, 0.3) is 5.91 Å². The summed E-state index contributed by atoms with van der Waals surface area (Å²) in [5.41, 5.74) is 2.97. The van der Waals surface area contributed by atoms with Gasteiger partial charge in [-0.1, -0.05) is 19.9 Å². The third-order valence-electron chi connectivity index (χ3n) is 4.79. The molecule has 152 valence electrons. The summed E-state index contributed by atoms with van der Waals surface area (Å²) in [6.07, 6.45) is 0. The fraction of sp³-hybridized carbons (Fsp3) is 0.400. The molecule has 1 heterocycles. The van der Waals surface area contributed by atoms with Crippen molar-refractivity contribution in [3.8, 4) is 0 Å². The number of Topliss-reactive ketones (excluding diaryl/α,β-unsaturated/α-hetero) is 1. The lowest BCUT2D eigenvalue weighted by Crippen LogP contribution is -2.31. The molecule has 28 heavy (non-hydrogen) atoms. The van der Waals surface area contributed by atoms with E-state index in [9.17, 15) is 18.0 Å². The van der Waals surface area contributed by atoms with E-state index in [1.807, 2.05) is 0 Å². The van der Waals surface area contributed by atoms with Crippen LogP contribution in [-0.4, -0.2) is 42.5 Å². The third kappa shape index (κ3) is 4.02. The zero-order chi connectivity index (χ0) is 21.2. The molecule has 0 radical (unpaired) electrons. The maximum atomic E-state index is 12.9. The highest BCUT2D eigenvalue weighted by atomic mass is 32.2. The molecule has 2 aromatic rings. The van der Waals surface area contributed by atoms with Crippen molar-refractivity contribution in [2.45, 2.75) is 46.4 Å². The molecule has 0 aliphatic rings. The van der Waals surface area contributed by atoms with E-state index in [0.29, 0.717) is 41.2 Å². The number of hydrogen-bond donors (Lipinski definition) is 2. The Labute approximate surface area is 166 Å². The fourth-order valence-electron chi connectivity index (χ4n) is 3.36. The fourth-order valence-corrected chi connectivity index (χ4v) is 5.07. The van der Waals surface area contributed by atoms with Gasteiger partial charge in [0.2, 0.25) is 10.0 Å². The number of aryl methyl sites for hydroxylation is 2. The van der Waals surface area contributed by atoms with Gasteiger partial charge < -0.3 is 10.3 Å². The number of carbonyl (C=O) groups excluding carboxylic acids is 2. The lowest BCUT2D eigenvalue weighted by atomic mass is 10.1. The van der Waals surface area contributed by atoms with Crippen molar-refractivity contribution in [1.29, 1.82) is 0 Å². The van der Waals surface area contributed by atoms with E-state index in [2.05, 4.69) is 10.3 Å². The zero-order valence-electron chi connectivity index (χ0n) is 17.1. The molecule has 0 saturated heterocycles. The summed E-state index contributed by atoms with van der Waals surface area (Å²) in [5.74, 6) is -0.545. The van der Waals surface area contributed by atoms with Crippen LogP contribution < -0.4 is 5.32 Å². The number of amides is 1. The molecular formula is C20H27N3O4S. The molecule has 0 atom stereocenters. The second-order valence-electron chi connectivity index (χ2n) is 6.70. The van der Waals surface area contributed by atoms with Gasteiger partial charge in [-0.05, 0) is 51.0 Å². The van der Waals surface area contributed by atoms with Crippen LogP contribution in [0.15, 0.2) is 23.1 Å². The van der Waals surface area contributed by atoms with Gasteiger partial charge in [0.05, 0.1) is 4.90 Å². The van der Waals surface area contributed by atoms with E-state index in [4.69, 9.17) is 0 Å². The van der Waals surface area contributed by atoms with Gasteiger partial charge in [-0.25, -0.2) is 8.42 Å². The first kappa shape index (κ1) is 21.8. The minimum Gasteiger partial charge on any atom is -0.354 e. The van der Waals surface area contributed by atoms with Gasteiger partial charge in [0, 0.05) is 30.0 Å². The molecule has 0 aliphatic heterocycles. The maximum absolute atomic E-state index is 12.9. The standard InChI is InChI=1S/C20H27N3O4S/c1-7-23(8-2)28(26,27)17-11-16(10-9-12(17)3)22-20(25)19-13(4)18(15(6)24)14(5)21-19/h9-11,21H,7-8H2,1-6H3,(H,22,25). The van der Waals surface area contributed by atoms with E-state index in [-0.39, 0.29) is 16.4 Å². The van der Waals surface area contributed by atoms with Crippen LogP contribution in [0, 0.1) is 20.8 Å². The Morgan fingerprint density at radius 3 is 2.21 bits per heavy atom. The quantitative estimate of drug-likeness (QED) is 0.689. The topological polar surface area (TPSA) is 99.3 Å². The number of carbonyl (C=O) groups is 2. The van der Waals surface area contributed by atoms with Crippen LogP contribution in [0.4, 0.5) is 5.69 Å². The second kappa shape index (κ2) is 8.28. The van der Waals surface area contributed by atoms with Crippen LogP contribution >= 0.6 is 0 Å². The van der Waals surface area contributed by atoms with E-state index >= 15 is 0 Å². The summed E-state index contributed by atoms with van der Waals surface area (Å²) in [6.45, 7) is 10.9. The molecule has 8 heteroatoms. The number of ketones is 1. The number of anilines is 1. The number of rotatable bonds is 7. The predicted octanol–water partition coefficient (Wildman–Crippen LogP) is 3.43. The molecule has 0 saturated carbocycles. The molecule has 1 amide bonds. The third-order valence-corrected chi connectivity index (χ3v) is 6.98. The summed E-state index contributed by atoms with van der Waals surface area (Å²) >= 11 is 0. The van der Waals surface area contributed by atoms with Gasteiger partial charge in [-0.15, -0.1) is 0 Å². The van der Waals surface area contributed by atoms with E-state index in [0.717, 1.165) is 0 Å². The first-order chi connectivity index (χ1) is 13.0. The Morgan fingerprint density at radius 2 is 1.71 bits per heavy atom. The monoisotopic (exact) mass is 405 g/mol. The zero-order valence-corrected chi connectivity index (χ0v) is 18.0. The summed E-state index contributed by atoms with van der Waals surface area (Å²) in [4.78, 5) is 27.6. The summed E-state index contributed by atoms with van der Waals surface area (Å²) in [6, 6.07) is 4.79. The number of nitrogens with zero attached hydrogens (tertiary/aromatic N) is 1. The van der Waals surface area contributed by atoms with Crippen molar-refractivity contribution in [2.24, 2.45) is 0 Å². The number of nitrogens with one attached hydrogen (secondary N) is 2. The Kier molecular flexibility index (Phi) is 6.46. The van der Waals surface area contributed by atoms with Crippen LogP contribution in [-0.2, 0) is 10.0 Å². The molecule has 2 rings (SSSR count). The van der Waals surface area contributed by atoms with Crippen molar-refractivity contribution in [2.75, 3.05) is 18.4 Å². The molecule has 1 aromatic heterocycles. The molecule has 2 N–H and O–H groups in total. The van der Waals surface area contributed by atoms with E-state index in [1.54, 1.807) is 46.8 Å². The maximum Gasteiger partial charge on any atom is 0.272 e. The van der Waals surface area contributed by atoms with Gasteiger partial charge in [-0.2, -0.15) is 4.31 Å². The SMILES string of the molecule is CCN(CC)S(=O)(=O)c1cc(NC(=O)c2[nH]c(C)c(C(C)=O)c2C)ccc1C. The van der Waals surface area contributed by atoms with Crippen molar-refractivity contribution >= 4 is 27.4 Å². The number of aromatic amines is 1. The number of aromatic nitrogens is 1. The summed E-state index contributed by atoms with van der Waals surface area (Å²) in [7, 11) is -3.65. The Morgan fingerprint density at radius 1 is 1.11 bits per heavy atom. The van der Waals surface area contributed by atoms with Crippen LogP contribution in [0.5, 0.6) is 0 Å². The van der Waals surface area contributed by atoms with Crippen LogP contribution in [0.1, 0.15) is 58.4 Å². The van der Waals surface area contributed by atoms with Crippen LogP contribution in [0.3, 0.4) is 0 Å². The molecule has 0 aliphatic carbocycles. The molecule has 7 nitrogen and oxygen atoms in total. The highest BCUT2D eigenvalue weighted by Gasteiger charge is 2.25. The molecule has 0 unspecified atom stereocenters. The Bertz CT molecular complexity index is 1020. The average Bonchev–Trinajstić information content (AvgIpc) is 2.91. The number of sulfonamides is 1. The highest BCUT2D eigenvalue weighted by molar-refractivity contribution is 7.89. The van der Waals surface area contributed by atoms with Crippen LogP contribution in [0.25, 0.3) is 0 Å². The normalized spacial score (nSPS) is 11.7. The number of hydrogen-bond acceptors (Lipinski definition) is 4. The van der Waals surface area contributed by atoms with Gasteiger partial charge in [-0.3, -0.25) is 9.59 Å². The van der Waals surface area contributed by atoms with E-state index < -0.39 is 15.9 Å².